The Kier molecular flexibility index (Phi) is 3.61. The molecule has 120 valence electrons. The number of amides is 2. The van der Waals surface area contributed by atoms with Gasteiger partial charge in [0.05, 0.1) is 10.0 Å². The quantitative estimate of drug-likeness (QED) is 0.824. The number of likely N-dealkylation sites (tertiary alicyclic amines) is 1. The molecule has 1 atom stereocenters. The standard InChI is InChI=1S/C15H11Cl2NO5/c1-15(7-2-3-8(16)9(17)6-7)13(22)12(21)14(23-15)18-10(19)4-5-11(18)20/h2-3,6,21H,4-5H2,1H3. The topological polar surface area (TPSA) is 83.9 Å². The van der Waals surface area contributed by atoms with Crippen molar-refractivity contribution in [3.05, 3.63) is 45.5 Å². The maximum Gasteiger partial charge on any atom is 0.252 e. The van der Waals surface area contributed by atoms with Crippen LogP contribution in [0.1, 0.15) is 25.3 Å². The second-order valence-corrected chi connectivity index (χ2v) is 6.18. The molecule has 0 aliphatic carbocycles. The van der Waals surface area contributed by atoms with Gasteiger partial charge in [-0.1, -0.05) is 29.3 Å². The molecule has 2 amide bonds. The van der Waals surface area contributed by atoms with E-state index in [-0.39, 0.29) is 17.9 Å². The van der Waals surface area contributed by atoms with Gasteiger partial charge in [0.25, 0.3) is 11.7 Å². The molecule has 8 heteroatoms. The van der Waals surface area contributed by atoms with E-state index in [9.17, 15) is 19.5 Å². The molecule has 0 bridgehead atoms. The van der Waals surface area contributed by atoms with Crippen LogP contribution < -0.4 is 0 Å². The summed E-state index contributed by atoms with van der Waals surface area (Å²) >= 11 is 11.8. The molecule has 0 radical (unpaired) electrons. The Balaban J connectivity index is 2.02. The first-order valence-corrected chi connectivity index (χ1v) is 7.49. The highest BCUT2D eigenvalue weighted by atomic mass is 35.5. The van der Waals surface area contributed by atoms with Crippen molar-refractivity contribution in [2.75, 3.05) is 0 Å². The molecule has 1 saturated heterocycles. The van der Waals surface area contributed by atoms with E-state index in [4.69, 9.17) is 27.9 Å². The first-order valence-electron chi connectivity index (χ1n) is 6.74. The number of Topliss-reactive ketones (excluding diaryl/α,β-unsaturated/α-hetero) is 1. The highest BCUT2D eigenvalue weighted by Gasteiger charge is 2.52. The average Bonchev–Trinajstić information content (AvgIpc) is 2.95. The summed E-state index contributed by atoms with van der Waals surface area (Å²) in [5.41, 5.74) is -1.26. The van der Waals surface area contributed by atoms with Crippen molar-refractivity contribution in [2.45, 2.75) is 25.4 Å². The summed E-state index contributed by atoms with van der Waals surface area (Å²) in [4.78, 5) is 36.8. The van der Waals surface area contributed by atoms with Gasteiger partial charge in [0.15, 0.2) is 5.60 Å². The van der Waals surface area contributed by atoms with Crippen molar-refractivity contribution in [1.29, 1.82) is 0 Å². The van der Waals surface area contributed by atoms with Crippen LogP contribution in [0.5, 0.6) is 0 Å². The lowest BCUT2D eigenvalue weighted by atomic mass is 9.92. The number of carbonyl (C=O) groups is 3. The Labute approximate surface area is 141 Å². The van der Waals surface area contributed by atoms with Gasteiger partial charge in [-0.25, -0.2) is 4.90 Å². The molecule has 1 fully saturated rings. The number of benzene rings is 1. The third kappa shape index (κ3) is 2.29. The summed E-state index contributed by atoms with van der Waals surface area (Å²) in [5, 5.41) is 10.6. The van der Waals surface area contributed by atoms with Crippen molar-refractivity contribution in [3.8, 4) is 0 Å². The van der Waals surface area contributed by atoms with Gasteiger partial charge >= 0.3 is 0 Å². The van der Waals surface area contributed by atoms with Crippen LogP contribution in [0.4, 0.5) is 0 Å². The third-order valence-electron chi connectivity index (χ3n) is 3.88. The molecule has 0 aromatic heterocycles. The van der Waals surface area contributed by atoms with Crippen molar-refractivity contribution < 1.29 is 24.2 Å². The molecule has 6 nitrogen and oxygen atoms in total. The summed E-state index contributed by atoms with van der Waals surface area (Å²) in [6, 6.07) is 4.45. The molecule has 1 aromatic rings. The van der Waals surface area contributed by atoms with Gasteiger partial charge in [-0.15, -0.1) is 0 Å². The number of aliphatic hydroxyl groups is 1. The third-order valence-corrected chi connectivity index (χ3v) is 4.62. The number of aliphatic hydroxyl groups excluding tert-OH is 1. The second-order valence-electron chi connectivity index (χ2n) is 5.37. The molecule has 3 rings (SSSR count). The number of carbonyl (C=O) groups excluding carboxylic acids is 3. The van der Waals surface area contributed by atoms with Gasteiger partial charge in [0.1, 0.15) is 0 Å². The first kappa shape index (κ1) is 15.8. The van der Waals surface area contributed by atoms with Crippen LogP contribution in [0.2, 0.25) is 10.0 Å². The van der Waals surface area contributed by atoms with Crippen molar-refractivity contribution in [2.24, 2.45) is 0 Å². The largest absolute Gasteiger partial charge is 0.501 e. The second kappa shape index (κ2) is 5.25. The van der Waals surface area contributed by atoms with E-state index in [0.717, 1.165) is 0 Å². The van der Waals surface area contributed by atoms with E-state index in [1.807, 2.05) is 0 Å². The van der Waals surface area contributed by atoms with E-state index in [1.165, 1.54) is 25.1 Å². The maximum absolute atomic E-state index is 12.4. The van der Waals surface area contributed by atoms with Gasteiger partial charge in [-0.2, -0.15) is 0 Å². The zero-order chi connectivity index (χ0) is 16.9. The van der Waals surface area contributed by atoms with Gasteiger partial charge in [-0.05, 0) is 19.1 Å². The number of hydrogen-bond donors (Lipinski definition) is 1. The van der Waals surface area contributed by atoms with Crippen LogP contribution in [0.3, 0.4) is 0 Å². The van der Waals surface area contributed by atoms with Crippen LogP contribution in [-0.2, 0) is 24.7 Å². The molecular weight excluding hydrogens is 345 g/mol. The first-order chi connectivity index (χ1) is 10.8. The number of halogens is 2. The lowest BCUT2D eigenvalue weighted by Crippen LogP contribution is -2.33. The Morgan fingerprint density at radius 2 is 1.74 bits per heavy atom. The number of ether oxygens (including phenoxy) is 1. The van der Waals surface area contributed by atoms with Crippen LogP contribution in [0.15, 0.2) is 29.8 Å². The SMILES string of the molecule is CC1(c2ccc(Cl)c(Cl)c2)OC(N2C(=O)CCC2=O)=C(O)C1=O. The molecule has 2 aliphatic rings. The van der Waals surface area contributed by atoms with Gasteiger partial charge in [-0.3, -0.25) is 14.4 Å². The fourth-order valence-electron chi connectivity index (χ4n) is 2.55. The summed E-state index contributed by atoms with van der Waals surface area (Å²) < 4.78 is 5.54. The summed E-state index contributed by atoms with van der Waals surface area (Å²) in [5.74, 6) is -3.01. The molecule has 1 aromatic carbocycles. The zero-order valence-electron chi connectivity index (χ0n) is 11.9. The molecule has 1 unspecified atom stereocenters. The minimum absolute atomic E-state index is 0.0106. The molecule has 2 aliphatic heterocycles. The Bertz CT molecular complexity index is 772. The lowest BCUT2D eigenvalue weighted by molar-refractivity contribution is -0.144. The fraction of sp³-hybridized carbons (Fsp3) is 0.267. The number of imide groups is 1. The molecule has 23 heavy (non-hydrogen) atoms. The Morgan fingerprint density at radius 3 is 2.30 bits per heavy atom. The van der Waals surface area contributed by atoms with E-state index in [1.54, 1.807) is 0 Å². The average molecular weight is 356 g/mol. The Hall–Kier alpha value is -2.05. The number of nitrogens with zero attached hydrogens (tertiary/aromatic N) is 1. The van der Waals surface area contributed by atoms with Gasteiger partial charge < -0.3 is 9.84 Å². The van der Waals surface area contributed by atoms with Crippen LogP contribution in [0, 0.1) is 0 Å². The lowest BCUT2D eigenvalue weighted by Gasteiger charge is -2.25. The molecule has 1 N–H and O–H groups in total. The normalized spacial score (nSPS) is 24.7. The zero-order valence-corrected chi connectivity index (χ0v) is 13.4. The van der Waals surface area contributed by atoms with E-state index < -0.39 is 34.8 Å². The van der Waals surface area contributed by atoms with Crippen molar-refractivity contribution >= 4 is 40.8 Å². The number of ketones is 1. The van der Waals surface area contributed by atoms with E-state index in [0.29, 0.717) is 15.5 Å². The smallest absolute Gasteiger partial charge is 0.252 e. The summed E-state index contributed by atoms with van der Waals surface area (Å²) in [7, 11) is 0. The fourth-order valence-corrected chi connectivity index (χ4v) is 2.85. The van der Waals surface area contributed by atoms with Crippen molar-refractivity contribution in [3.63, 3.8) is 0 Å². The van der Waals surface area contributed by atoms with Crippen LogP contribution >= 0.6 is 23.2 Å². The summed E-state index contributed by atoms with van der Waals surface area (Å²) in [6.07, 6.45) is 0.0211. The monoisotopic (exact) mass is 355 g/mol. The number of hydrogen-bond acceptors (Lipinski definition) is 5. The van der Waals surface area contributed by atoms with E-state index in [2.05, 4.69) is 0 Å². The maximum atomic E-state index is 12.4. The molecular formula is C15H11Cl2NO5. The van der Waals surface area contributed by atoms with Crippen LogP contribution in [0.25, 0.3) is 0 Å². The minimum Gasteiger partial charge on any atom is -0.501 e. The van der Waals surface area contributed by atoms with Crippen molar-refractivity contribution in [1.82, 2.24) is 4.90 Å². The minimum atomic E-state index is -1.60. The molecule has 2 heterocycles. The van der Waals surface area contributed by atoms with Crippen LogP contribution in [-0.4, -0.2) is 27.6 Å². The van der Waals surface area contributed by atoms with E-state index >= 15 is 0 Å². The Morgan fingerprint density at radius 1 is 1.13 bits per heavy atom. The molecule has 0 saturated carbocycles. The molecule has 0 spiro atoms. The predicted octanol–water partition coefficient (Wildman–Crippen LogP) is 2.68. The van der Waals surface area contributed by atoms with Gasteiger partial charge in [0, 0.05) is 18.4 Å². The number of rotatable bonds is 2. The van der Waals surface area contributed by atoms with Gasteiger partial charge in [0.2, 0.25) is 17.6 Å². The highest BCUT2D eigenvalue weighted by Crippen LogP contribution is 2.41. The summed E-state index contributed by atoms with van der Waals surface area (Å²) in [6.45, 7) is 1.42. The predicted molar refractivity (Wildman–Crippen MR) is 80.6 cm³/mol. The highest BCUT2D eigenvalue weighted by molar-refractivity contribution is 6.42.